The topological polar surface area (TPSA) is 869 Å². The highest BCUT2D eigenvalue weighted by molar-refractivity contribution is 6.01. The van der Waals surface area contributed by atoms with Gasteiger partial charge in [-0.2, -0.15) is 13.2 Å². The predicted molar refractivity (Wildman–Crippen MR) is 475 cm³/mol. The zero-order valence-corrected chi connectivity index (χ0v) is 75.6. The summed E-state index contributed by atoms with van der Waals surface area (Å²) in [6, 6.07) is -4.32. The first-order valence-electron chi connectivity index (χ1n) is 42.9. The van der Waals surface area contributed by atoms with Crippen LogP contribution < -0.4 is 136 Å². The third-order valence-electron chi connectivity index (χ3n) is 19.3. The molecule has 18 amide bonds. The number of guanidine groups is 2. The Balaban J connectivity index is 0.0000125. The Morgan fingerprint density at radius 3 is 1.14 bits per heavy atom. The van der Waals surface area contributed by atoms with Gasteiger partial charge in [0.05, 0.1) is 44.8 Å². The van der Waals surface area contributed by atoms with E-state index in [-0.39, 0.29) is 103 Å². The van der Waals surface area contributed by atoms with Gasteiger partial charge in [0.1, 0.15) is 78.5 Å². The van der Waals surface area contributed by atoms with Crippen molar-refractivity contribution in [2.75, 3.05) is 52.4 Å². The van der Waals surface area contributed by atoms with Gasteiger partial charge >= 0.3 is 18.1 Å². The van der Waals surface area contributed by atoms with E-state index in [1.54, 1.807) is 74.5 Å². The molecule has 54 heteroatoms. The number of nitrogens with two attached hydrogens (primary N) is 7. The van der Waals surface area contributed by atoms with Crippen molar-refractivity contribution in [3.63, 3.8) is 0 Å². The average molecular weight is 1920 g/mol. The Labute approximate surface area is 774 Å². The van der Waals surface area contributed by atoms with Crippen molar-refractivity contribution in [2.24, 2.45) is 46.1 Å². The third-order valence-corrected chi connectivity index (χ3v) is 19.3. The van der Waals surface area contributed by atoms with Crippen molar-refractivity contribution in [1.29, 1.82) is 10.8 Å². The van der Waals surface area contributed by atoms with E-state index in [1.807, 2.05) is 0 Å². The minimum absolute atomic E-state index is 0.0136. The monoisotopic (exact) mass is 1920 g/mol. The molecule has 15 atom stereocenters. The van der Waals surface area contributed by atoms with E-state index in [1.165, 1.54) is 20.8 Å². The van der Waals surface area contributed by atoms with E-state index in [9.17, 15) is 120 Å². The first-order valence-corrected chi connectivity index (χ1v) is 42.9. The number of primary amides is 2. The molecule has 0 saturated heterocycles. The number of carbonyl (C=O) groups is 20. The first kappa shape index (κ1) is 119. The molecule has 0 aliphatic carbocycles. The Kier molecular flexibility index (Phi) is 55.7. The van der Waals surface area contributed by atoms with Crippen LogP contribution in [0.25, 0.3) is 0 Å². The molecule has 2 aromatic rings. The highest BCUT2D eigenvalue weighted by Gasteiger charge is 2.40. The molecule has 2 aromatic carbocycles. The Morgan fingerprint density at radius 2 is 0.733 bits per heavy atom. The molecule has 0 aromatic heterocycles. The number of aliphatic hydroxyl groups is 2. The molecule has 38 N–H and O–H groups in total. The number of hydrogen-bond donors (Lipinski definition) is 31. The first-order chi connectivity index (χ1) is 63.3. The van der Waals surface area contributed by atoms with Gasteiger partial charge in [-0.1, -0.05) is 74.5 Å². The van der Waals surface area contributed by atoms with Crippen LogP contribution in [0.1, 0.15) is 143 Å². The number of unbranched alkanes of at least 4 members (excludes halogenated alkanes) is 2. The number of rotatable bonds is 62. The van der Waals surface area contributed by atoms with Crippen LogP contribution in [0.3, 0.4) is 0 Å². The summed E-state index contributed by atoms with van der Waals surface area (Å²) in [6.07, 6.45) is -8.08. The SMILES string of the molecule is CC(C)C[C@H](NC(=O)[C@H](CCCCN)NC(=O)[C@H](CCCNC(=N)N)NC(=O)[C@H](C)NC(=O)[C@H](CO)NC(=O)[C@H](CCCCN)NC(=O)[C@H](CCCNC(=N)N)NC(=O)[C@H](C)NC(=O)CNC(=O)[C@@H](NC(=O)[C@H](Cc1ccccc1)NC(=O)CNC(=O)CNC(=O)[C@@H](N)Cc1ccccc1)[C@@H](C)O)C(=O)N[C@@H](C)C(=O)N[C@@H](CC(N)=O)C(=O)N[C@@H](CCC(N)=O)C(=O)O.O=C(O)C(F)(F)F. The molecule has 0 fully saturated rings. The maximum Gasteiger partial charge on any atom is 0.490 e. The summed E-state index contributed by atoms with van der Waals surface area (Å²) in [5.41, 5.74) is 40.3. The summed E-state index contributed by atoms with van der Waals surface area (Å²) >= 11 is 0. The second-order valence-electron chi connectivity index (χ2n) is 31.4. The highest BCUT2D eigenvalue weighted by Crippen LogP contribution is 2.15. The van der Waals surface area contributed by atoms with Crippen molar-refractivity contribution < 1.29 is 129 Å². The van der Waals surface area contributed by atoms with Crippen LogP contribution in [0, 0.1) is 16.7 Å². The largest absolute Gasteiger partial charge is 0.490 e. The lowest BCUT2D eigenvalue weighted by Gasteiger charge is -2.28. The minimum Gasteiger partial charge on any atom is -0.480 e. The number of carboxylic acids is 2. The number of aliphatic carboxylic acids is 2. The molecule has 0 unspecified atom stereocenters. The van der Waals surface area contributed by atoms with Crippen LogP contribution in [0.4, 0.5) is 13.2 Å². The minimum atomic E-state index is -5.08. The molecule has 0 bridgehead atoms. The summed E-state index contributed by atoms with van der Waals surface area (Å²) in [4.78, 5) is 263. The standard InChI is InChI=1S/C79H129N27O22.C2HF3O2/c1-41(2)33-54(72(122)95-44(5)66(116)103-56(36-59(84)110)73(123)102-53(77(127)128)27-28-58(83)109)104-70(120)49(23-13-15-29-80)100-69(119)52(26-18-32-90-79(87)88)99-65(115)43(4)96-75(125)57(40-107)105-71(121)50(24-14-16-30-81)101-68(118)51(25-17-31-89-78(85)86)98-64(114)42(3)94-61(112)39-93-76(126)63(45(6)108)106-74(124)55(35-47-21-11-8-12-22-47)97-62(113)38-91-60(111)37-92-67(117)48(82)34-46-19-9-7-10-20-46;3-2(4,5)1(6)7/h7-12,19-22,41-45,48-57,63,107-108H,13-18,23-40,80-82H2,1-6H3,(H2,83,109)(H2,84,110)(H,91,111)(H,92,117)(H,93,126)(H,94,112)(H,95,122)(H,96,125)(H,97,113)(H,98,114)(H,99,115)(H,100,119)(H,101,118)(H,102,123)(H,103,116)(H,104,120)(H,105,121)(H,106,124)(H,127,128)(H4,85,86,89)(H4,87,88,90);(H,6,7)/t42-,43-,44-,45+,48-,49-,50-,51-,52-,53-,54-,55-,56-,57-,63-;/m0./s1. The fraction of sp³-hybridized carbons (Fsp3) is 0.580. The lowest BCUT2D eigenvalue weighted by Crippen LogP contribution is -2.61. The van der Waals surface area contributed by atoms with Crippen molar-refractivity contribution in [3.8, 4) is 0 Å². The number of nitrogens with one attached hydrogen (secondary N) is 20. The second-order valence-corrected chi connectivity index (χ2v) is 31.4. The van der Waals surface area contributed by atoms with E-state index in [0.29, 0.717) is 18.4 Å². The van der Waals surface area contributed by atoms with Gasteiger partial charge < -0.3 is 156 Å². The fourth-order valence-corrected chi connectivity index (χ4v) is 12.1. The Hall–Kier alpha value is -14.0. The van der Waals surface area contributed by atoms with Gasteiger partial charge in [0.25, 0.3) is 0 Å². The fourth-order valence-electron chi connectivity index (χ4n) is 12.1. The van der Waals surface area contributed by atoms with Gasteiger partial charge in [0.2, 0.25) is 106 Å². The van der Waals surface area contributed by atoms with Gasteiger partial charge in [-0.05, 0) is 141 Å². The summed E-state index contributed by atoms with van der Waals surface area (Å²) < 4.78 is 31.7. The second kappa shape index (κ2) is 63.2. The van der Waals surface area contributed by atoms with Crippen LogP contribution in [0.2, 0.25) is 0 Å². The van der Waals surface area contributed by atoms with Crippen molar-refractivity contribution in [3.05, 3.63) is 71.8 Å². The Bertz CT molecular complexity index is 4320. The molecule has 0 spiro atoms. The zero-order valence-electron chi connectivity index (χ0n) is 75.6. The van der Waals surface area contributed by atoms with Gasteiger partial charge in [-0.15, -0.1) is 0 Å². The molecule has 0 aliphatic rings. The molecular weight excluding hydrogens is 1790 g/mol. The smallest absolute Gasteiger partial charge is 0.480 e. The van der Waals surface area contributed by atoms with Crippen LogP contribution in [0.5, 0.6) is 0 Å². The van der Waals surface area contributed by atoms with Crippen LogP contribution in [0.15, 0.2) is 60.7 Å². The number of amides is 18. The summed E-state index contributed by atoms with van der Waals surface area (Å²) in [5, 5.41) is 96.7. The maximum atomic E-state index is 14.4. The molecule has 754 valence electrons. The van der Waals surface area contributed by atoms with E-state index in [4.69, 9.17) is 60.9 Å². The molecule has 0 radical (unpaired) electrons. The molecule has 2 rings (SSSR count). The quantitative estimate of drug-likeness (QED) is 0.0166. The molecule has 135 heavy (non-hydrogen) atoms. The Morgan fingerprint density at radius 1 is 0.378 bits per heavy atom. The van der Waals surface area contributed by atoms with Crippen molar-refractivity contribution in [2.45, 2.75) is 241 Å². The van der Waals surface area contributed by atoms with Crippen molar-refractivity contribution in [1.82, 2.24) is 95.7 Å². The van der Waals surface area contributed by atoms with Crippen LogP contribution >= 0.6 is 0 Å². The summed E-state index contributed by atoms with van der Waals surface area (Å²) in [6.45, 7) is 5.17. The predicted octanol–water partition coefficient (Wildman–Crippen LogP) is -10.4. The number of benzene rings is 2. The summed E-state index contributed by atoms with van der Waals surface area (Å²) in [7, 11) is 0. The number of hydrogen-bond acceptors (Lipinski definition) is 27. The normalized spacial score (nSPS) is 14.3. The number of carbonyl (C=O) groups excluding carboxylic acids is 18. The van der Waals surface area contributed by atoms with Gasteiger partial charge in [0.15, 0.2) is 11.9 Å². The summed E-state index contributed by atoms with van der Waals surface area (Å²) in [5.74, 6) is -23.2. The third kappa shape index (κ3) is 50.4. The van der Waals surface area contributed by atoms with Crippen LogP contribution in [-0.4, -0.2) is 300 Å². The van der Waals surface area contributed by atoms with Crippen LogP contribution in [-0.2, 0) is 109 Å². The lowest BCUT2D eigenvalue weighted by atomic mass is 10.0. The molecule has 0 saturated carbocycles. The average Bonchev–Trinajstić information content (AvgIpc) is 0.855. The molecule has 0 heterocycles. The van der Waals surface area contributed by atoms with E-state index in [0.717, 1.165) is 12.5 Å². The molecule has 51 nitrogen and oxygen atoms in total. The number of halogens is 3. The van der Waals surface area contributed by atoms with Gasteiger partial charge in [-0.25, -0.2) is 9.59 Å². The number of aliphatic hydroxyl groups excluding tert-OH is 2. The lowest BCUT2D eigenvalue weighted by molar-refractivity contribution is -0.192. The maximum absolute atomic E-state index is 14.4. The van der Waals surface area contributed by atoms with Gasteiger partial charge in [0, 0.05) is 25.9 Å². The van der Waals surface area contributed by atoms with Gasteiger partial charge in [-0.3, -0.25) is 97.1 Å². The van der Waals surface area contributed by atoms with E-state index >= 15 is 0 Å². The van der Waals surface area contributed by atoms with E-state index < -0.39 is 273 Å². The number of carboxylic acid groups (broad SMARTS) is 2. The highest BCUT2D eigenvalue weighted by atomic mass is 19.4. The van der Waals surface area contributed by atoms with Crippen molar-refractivity contribution >= 4 is 130 Å². The number of alkyl halides is 3. The zero-order chi connectivity index (χ0) is 102. The molecule has 0 aliphatic heterocycles. The molecular formula is C81H130F3N27O24. The van der Waals surface area contributed by atoms with E-state index in [2.05, 4.69) is 95.7 Å².